The quantitative estimate of drug-likeness (QED) is 0.0770. The van der Waals surface area contributed by atoms with Crippen LogP contribution in [0.2, 0.25) is 0 Å². The number of carbonyl (C=O) groups excluding carboxylic acids is 1. The minimum absolute atomic E-state index is 0.0416. The van der Waals surface area contributed by atoms with E-state index < -0.39 is 25.0 Å². The van der Waals surface area contributed by atoms with E-state index in [4.69, 9.17) is 4.74 Å². The number of amides is 1. The SMILES string of the molecule is O=C(CI)NCCCCCNS(=O)(=O)c1cc(S(=O)(=O)[O-])ccc1C1=c2cc3c4c(c2Oc2c1cc1c5c2CCCN5CCC1)CCC[N+]=4CCC3. The van der Waals surface area contributed by atoms with Gasteiger partial charge in [0.2, 0.25) is 21.3 Å². The molecule has 11 nitrogen and oxygen atoms in total. The molecule has 0 bridgehead atoms. The van der Waals surface area contributed by atoms with Crippen molar-refractivity contribution in [3.63, 3.8) is 0 Å². The van der Waals surface area contributed by atoms with Crippen LogP contribution in [0.15, 0.2) is 40.1 Å². The van der Waals surface area contributed by atoms with E-state index in [1.807, 2.05) is 22.6 Å². The Balaban J connectivity index is 1.32. The molecule has 0 aliphatic carbocycles. The van der Waals surface area contributed by atoms with Gasteiger partial charge in [0.05, 0.1) is 19.8 Å². The maximum atomic E-state index is 14.3. The molecule has 0 saturated carbocycles. The van der Waals surface area contributed by atoms with Gasteiger partial charge in [-0.1, -0.05) is 35.1 Å². The minimum atomic E-state index is -4.96. The number of benzene rings is 3. The molecule has 3 aromatic carbocycles. The fourth-order valence-corrected chi connectivity index (χ4v) is 11.0. The first kappa shape index (κ1) is 36.0. The number of ether oxygens (including phenoxy) is 1. The number of alkyl halides is 1. The van der Waals surface area contributed by atoms with Crippen LogP contribution in [-0.2, 0) is 50.6 Å². The second-order valence-corrected chi connectivity index (χ2v) is 18.3. The van der Waals surface area contributed by atoms with E-state index in [9.17, 15) is 26.2 Å². The minimum Gasteiger partial charge on any atom is -0.744 e. The number of hydrogen-bond donors (Lipinski definition) is 2. The normalized spacial score (nSPS) is 17.5. The Hall–Kier alpha value is -3.05. The van der Waals surface area contributed by atoms with Gasteiger partial charge in [-0.05, 0) is 81.2 Å². The number of nitrogens with one attached hydrogen (secondary N) is 2. The highest BCUT2D eigenvalue weighted by Gasteiger charge is 2.37. The number of nitrogens with zero attached hydrogens (tertiary/aromatic N) is 2. The van der Waals surface area contributed by atoms with Crippen LogP contribution in [0.25, 0.3) is 5.57 Å². The first-order valence-corrected chi connectivity index (χ1v) is 22.8. The summed E-state index contributed by atoms with van der Waals surface area (Å²) in [6.07, 6.45) is 9.41. The van der Waals surface area contributed by atoms with Crippen molar-refractivity contribution < 1.29 is 30.9 Å². The number of fused-ring (bicyclic) bond motifs is 4. The highest BCUT2D eigenvalue weighted by atomic mass is 127. The zero-order valence-electron chi connectivity index (χ0n) is 29.1. The maximum absolute atomic E-state index is 14.3. The molecule has 0 atom stereocenters. The smallest absolute Gasteiger partial charge is 0.241 e. The van der Waals surface area contributed by atoms with Crippen LogP contribution in [0, 0.1) is 0 Å². The average molecular weight is 859 g/mol. The van der Waals surface area contributed by atoms with Crippen LogP contribution >= 0.6 is 22.6 Å². The molecule has 0 aromatic heterocycles. The van der Waals surface area contributed by atoms with Gasteiger partial charge in [-0.15, -0.1) is 0 Å². The summed E-state index contributed by atoms with van der Waals surface area (Å²) in [5.74, 6) is 1.46. The lowest BCUT2D eigenvalue weighted by Gasteiger charge is -2.39. The van der Waals surface area contributed by atoms with Crippen molar-refractivity contribution in [3.05, 3.63) is 74.3 Å². The predicted molar refractivity (Wildman–Crippen MR) is 206 cm³/mol. The predicted octanol–water partition coefficient (Wildman–Crippen LogP) is 3.03. The fraction of sp³-hybridized carbons (Fsp3) is 0.474. The summed E-state index contributed by atoms with van der Waals surface area (Å²) in [4.78, 5) is 13.2. The molecule has 0 spiro atoms. The lowest BCUT2D eigenvalue weighted by atomic mass is 9.82. The van der Waals surface area contributed by atoms with Crippen molar-refractivity contribution in [1.82, 2.24) is 14.6 Å². The molecule has 8 rings (SSSR count). The Morgan fingerprint density at radius 3 is 2.37 bits per heavy atom. The molecule has 1 amide bonds. The summed E-state index contributed by atoms with van der Waals surface area (Å²) >= 11 is 2.00. The molecule has 0 unspecified atom stereocenters. The number of unbranched alkanes of at least 4 members (excludes halogenated alkanes) is 2. The summed E-state index contributed by atoms with van der Waals surface area (Å²) in [6, 6.07) is 8.09. The highest BCUT2D eigenvalue weighted by Crippen LogP contribution is 2.49. The largest absolute Gasteiger partial charge is 0.744 e. The molecule has 3 aromatic rings. The summed E-state index contributed by atoms with van der Waals surface area (Å²) < 4.78 is 78.3. The second-order valence-electron chi connectivity index (χ2n) is 14.4. The van der Waals surface area contributed by atoms with Gasteiger partial charge in [0.25, 0.3) is 0 Å². The molecule has 5 aliphatic heterocycles. The third-order valence-electron chi connectivity index (χ3n) is 11.1. The third-order valence-corrected chi connectivity index (χ3v) is 14.1. The Kier molecular flexibility index (Phi) is 9.89. The lowest BCUT2D eigenvalue weighted by molar-refractivity contribution is -0.118. The van der Waals surface area contributed by atoms with Crippen molar-refractivity contribution >= 4 is 59.9 Å². The number of hydrogen-bond acceptors (Lipinski definition) is 8. The van der Waals surface area contributed by atoms with E-state index in [-0.39, 0.29) is 17.3 Å². The molecule has 5 heterocycles. The number of rotatable bonds is 11. The van der Waals surface area contributed by atoms with E-state index >= 15 is 0 Å². The van der Waals surface area contributed by atoms with Gasteiger partial charge in [0, 0.05) is 77.8 Å². The Labute approximate surface area is 318 Å². The summed E-state index contributed by atoms with van der Waals surface area (Å²) in [6.45, 7) is 4.59. The molecule has 14 heteroatoms. The van der Waals surface area contributed by atoms with Gasteiger partial charge in [-0.2, -0.15) is 0 Å². The van der Waals surface area contributed by atoms with Gasteiger partial charge >= 0.3 is 0 Å². The van der Waals surface area contributed by atoms with Gasteiger partial charge in [0.1, 0.15) is 34.7 Å². The highest BCUT2D eigenvalue weighted by molar-refractivity contribution is 14.1. The zero-order chi connectivity index (χ0) is 36.2. The molecule has 0 fully saturated rings. The second kappa shape index (κ2) is 14.3. The van der Waals surface area contributed by atoms with Crippen molar-refractivity contribution in [3.8, 4) is 11.5 Å². The molecule has 0 radical (unpaired) electrons. The van der Waals surface area contributed by atoms with E-state index in [1.54, 1.807) is 0 Å². The van der Waals surface area contributed by atoms with Gasteiger partial charge in [0.15, 0.2) is 0 Å². The first-order chi connectivity index (χ1) is 25.0. The number of carbonyl (C=O) groups is 1. The molecule has 5 aliphatic rings. The van der Waals surface area contributed by atoms with Crippen LogP contribution in [0.5, 0.6) is 11.5 Å². The maximum Gasteiger partial charge on any atom is 0.241 e. The van der Waals surface area contributed by atoms with Crippen molar-refractivity contribution in [2.75, 3.05) is 48.6 Å². The van der Waals surface area contributed by atoms with Crippen molar-refractivity contribution in [1.29, 1.82) is 0 Å². The first-order valence-electron chi connectivity index (χ1n) is 18.4. The van der Waals surface area contributed by atoms with Crippen LogP contribution in [0.4, 0.5) is 5.69 Å². The van der Waals surface area contributed by atoms with Gasteiger partial charge < -0.3 is 19.5 Å². The zero-order valence-corrected chi connectivity index (χ0v) is 32.9. The van der Waals surface area contributed by atoms with E-state index in [2.05, 4.69) is 31.6 Å². The van der Waals surface area contributed by atoms with Crippen molar-refractivity contribution in [2.45, 2.75) is 80.4 Å². The number of halogens is 1. The topological polar surface area (TPSA) is 148 Å². The standard InChI is InChI=1S/C38H43IN4O7S2/c39-23-33(44)40-14-2-1-3-15-41-51(45,46)32-22-26(52(47,48)49)12-13-27(32)34-30-20-24-8-4-16-42-18-6-10-28(35(24)42)37(30)50-38-29-11-7-19-43-17-5-9-25(36(29)43)21-31(34)38/h12-13,20-22,41H,1-11,14-19,23H2,(H-,40,44,47,48,49). The third kappa shape index (κ3) is 6.56. The Morgan fingerprint density at radius 2 is 1.58 bits per heavy atom. The van der Waals surface area contributed by atoms with Crippen LogP contribution < -0.4 is 34.8 Å². The fourth-order valence-electron chi connectivity index (χ4n) is 8.88. The molecule has 2 N–H and O–H groups in total. The number of anilines is 1. The molecular weight excluding hydrogens is 815 g/mol. The summed E-state index contributed by atoms with van der Waals surface area (Å²) in [5.41, 5.74) is 7.81. The molecule has 276 valence electrons. The van der Waals surface area contributed by atoms with Gasteiger partial charge in [-0.25, -0.2) is 26.1 Å². The van der Waals surface area contributed by atoms with Crippen LogP contribution in [0.3, 0.4) is 0 Å². The molecule has 52 heavy (non-hydrogen) atoms. The Morgan fingerprint density at radius 1 is 0.846 bits per heavy atom. The monoisotopic (exact) mass is 858 g/mol. The van der Waals surface area contributed by atoms with E-state index in [0.29, 0.717) is 41.4 Å². The average Bonchev–Trinajstić information content (AvgIpc) is 3.13. The number of aryl methyl sites for hydroxylation is 2. The Bertz CT molecular complexity index is 2340. The molecule has 0 saturated heterocycles. The van der Waals surface area contributed by atoms with E-state index in [1.165, 1.54) is 34.3 Å². The summed E-state index contributed by atoms with van der Waals surface area (Å²) in [7, 11) is -9.27. The van der Waals surface area contributed by atoms with Crippen molar-refractivity contribution in [2.24, 2.45) is 0 Å². The van der Waals surface area contributed by atoms with Gasteiger partial charge in [-0.3, -0.25) is 4.79 Å². The lowest BCUT2D eigenvalue weighted by Crippen LogP contribution is -2.45. The van der Waals surface area contributed by atoms with Crippen LogP contribution in [-0.4, -0.2) is 71.0 Å². The summed E-state index contributed by atoms with van der Waals surface area (Å²) in [5, 5.41) is 4.87. The molecular formula is C38H43IN4O7S2. The number of sulfonamides is 1. The van der Waals surface area contributed by atoms with E-state index in [0.717, 1.165) is 117 Å². The van der Waals surface area contributed by atoms with Crippen LogP contribution in [0.1, 0.15) is 78.3 Å².